The molecule has 1 N–H and O–H groups in total. The summed E-state index contributed by atoms with van der Waals surface area (Å²) in [5.74, 6) is 1.09. The van der Waals surface area contributed by atoms with E-state index in [0.29, 0.717) is 34.8 Å². The van der Waals surface area contributed by atoms with Crippen LogP contribution in [0.5, 0.6) is 5.75 Å². The highest BCUT2D eigenvalue weighted by molar-refractivity contribution is 5.78. The molecule has 3 aromatic rings. The molecule has 2 amide bonds. The van der Waals surface area contributed by atoms with Crippen LogP contribution in [0.3, 0.4) is 0 Å². The number of aromatic nitrogens is 2. The summed E-state index contributed by atoms with van der Waals surface area (Å²) in [6, 6.07) is 14.3. The minimum Gasteiger partial charge on any atom is -0.492 e. The number of amides is 2. The number of rotatable bonds is 6. The molecule has 2 aromatic carbocycles. The van der Waals surface area contributed by atoms with Gasteiger partial charge >= 0.3 is 6.03 Å². The number of benzene rings is 2. The lowest BCUT2D eigenvalue weighted by atomic mass is 9.96. The van der Waals surface area contributed by atoms with Crippen molar-refractivity contribution < 1.29 is 9.53 Å². The minimum atomic E-state index is -0.444. The Kier molecular flexibility index (Phi) is 6.96. The first-order chi connectivity index (χ1) is 16.0. The summed E-state index contributed by atoms with van der Waals surface area (Å²) in [4.78, 5) is 33.2. The minimum absolute atomic E-state index is 0.151. The molecule has 0 bridgehead atoms. The van der Waals surface area contributed by atoms with Crippen LogP contribution in [-0.4, -0.2) is 40.2 Å². The van der Waals surface area contributed by atoms with Crippen molar-refractivity contribution >= 4 is 16.9 Å². The standard InChI is InChI=1S/C26H32N4O3/c1-4-33-23-17-11-10-16-22(23)30-24(28-21-15-9-8-14-20(21)25(30)31)18(2)29(3)26(32)27-19-12-6-5-7-13-19/h8-11,14-19H,4-7,12-13H2,1-3H3,(H,27,32). The Morgan fingerprint density at radius 2 is 1.85 bits per heavy atom. The van der Waals surface area contributed by atoms with E-state index in [0.717, 1.165) is 25.7 Å². The number of ether oxygens (including phenoxy) is 1. The summed E-state index contributed by atoms with van der Waals surface area (Å²) in [7, 11) is 1.75. The first-order valence-electron chi connectivity index (χ1n) is 11.8. The summed E-state index contributed by atoms with van der Waals surface area (Å²) in [6.07, 6.45) is 5.53. The third-order valence-corrected chi connectivity index (χ3v) is 6.42. The molecule has 33 heavy (non-hydrogen) atoms. The third-order valence-electron chi connectivity index (χ3n) is 6.42. The van der Waals surface area contributed by atoms with Crippen molar-refractivity contribution in [1.82, 2.24) is 19.8 Å². The maximum absolute atomic E-state index is 13.7. The number of carbonyl (C=O) groups is 1. The molecule has 0 aliphatic heterocycles. The molecule has 0 saturated heterocycles. The first-order valence-corrected chi connectivity index (χ1v) is 11.8. The van der Waals surface area contributed by atoms with Gasteiger partial charge < -0.3 is 15.0 Å². The highest BCUT2D eigenvalue weighted by Gasteiger charge is 2.27. The van der Waals surface area contributed by atoms with Gasteiger partial charge in [0.05, 0.1) is 29.2 Å². The molecule has 174 valence electrons. The van der Waals surface area contributed by atoms with E-state index < -0.39 is 6.04 Å². The topological polar surface area (TPSA) is 76.5 Å². The Hall–Kier alpha value is -3.35. The predicted octanol–water partition coefficient (Wildman–Crippen LogP) is 4.82. The van der Waals surface area contributed by atoms with Crippen molar-refractivity contribution in [2.24, 2.45) is 0 Å². The number of para-hydroxylation sites is 3. The molecule has 1 saturated carbocycles. The lowest BCUT2D eigenvalue weighted by molar-refractivity contribution is 0.184. The van der Waals surface area contributed by atoms with Gasteiger partial charge in [0, 0.05) is 13.1 Å². The summed E-state index contributed by atoms with van der Waals surface area (Å²) in [6.45, 7) is 4.28. The van der Waals surface area contributed by atoms with E-state index in [-0.39, 0.29) is 17.6 Å². The van der Waals surface area contributed by atoms with E-state index in [2.05, 4.69) is 5.32 Å². The zero-order chi connectivity index (χ0) is 23.4. The van der Waals surface area contributed by atoms with E-state index in [1.807, 2.05) is 56.3 Å². The van der Waals surface area contributed by atoms with Crippen molar-refractivity contribution in [3.63, 3.8) is 0 Å². The van der Waals surface area contributed by atoms with Gasteiger partial charge in [0.15, 0.2) is 0 Å². The lowest BCUT2D eigenvalue weighted by Gasteiger charge is -2.30. The van der Waals surface area contributed by atoms with E-state index in [9.17, 15) is 9.59 Å². The van der Waals surface area contributed by atoms with E-state index in [1.54, 1.807) is 22.6 Å². The van der Waals surface area contributed by atoms with Crippen LogP contribution < -0.4 is 15.6 Å². The number of urea groups is 1. The molecule has 1 fully saturated rings. The zero-order valence-electron chi connectivity index (χ0n) is 19.6. The number of hydrogen-bond donors (Lipinski definition) is 1. The SMILES string of the molecule is CCOc1ccccc1-n1c(C(C)N(C)C(=O)NC2CCCCC2)nc2ccccc2c1=O. The Bertz CT molecular complexity index is 1180. The maximum Gasteiger partial charge on any atom is 0.317 e. The fourth-order valence-corrected chi connectivity index (χ4v) is 4.45. The smallest absolute Gasteiger partial charge is 0.317 e. The number of hydrogen-bond acceptors (Lipinski definition) is 4. The molecular weight excluding hydrogens is 416 g/mol. The van der Waals surface area contributed by atoms with Crippen LogP contribution in [0.2, 0.25) is 0 Å². The van der Waals surface area contributed by atoms with Gasteiger partial charge in [-0.05, 0) is 51.0 Å². The van der Waals surface area contributed by atoms with Crippen molar-refractivity contribution in [3.05, 3.63) is 64.7 Å². The molecule has 0 radical (unpaired) electrons. The van der Waals surface area contributed by atoms with Crippen LogP contribution in [-0.2, 0) is 0 Å². The zero-order valence-corrected chi connectivity index (χ0v) is 19.6. The Morgan fingerprint density at radius 1 is 1.15 bits per heavy atom. The molecule has 1 aliphatic carbocycles. The second-order valence-corrected chi connectivity index (χ2v) is 8.60. The van der Waals surface area contributed by atoms with Crippen molar-refractivity contribution in [1.29, 1.82) is 0 Å². The third kappa shape index (κ3) is 4.72. The van der Waals surface area contributed by atoms with Crippen molar-refractivity contribution in [3.8, 4) is 11.4 Å². The number of nitrogens with one attached hydrogen (secondary N) is 1. The second kappa shape index (κ2) is 10.1. The average Bonchev–Trinajstić information content (AvgIpc) is 2.84. The monoisotopic (exact) mass is 448 g/mol. The molecule has 7 nitrogen and oxygen atoms in total. The van der Waals surface area contributed by atoms with Gasteiger partial charge in [0.2, 0.25) is 0 Å². The van der Waals surface area contributed by atoms with Gasteiger partial charge in [-0.2, -0.15) is 0 Å². The van der Waals surface area contributed by atoms with Crippen molar-refractivity contribution in [2.75, 3.05) is 13.7 Å². The molecule has 4 rings (SSSR count). The summed E-state index contributed by atoms with van der Waals surface area (Å²) in [5, 5.41) is 3.68. The largest absolute Gasteiger partial charge is 0.492 e. The van der Waals surface area contributed by atoms with Gasteiger partial charge in [-0.15, -0.1) is 0 Å². The van der Waals surface area contributed by atoms with Crippen LogP contribution in [0.25, 0.3) is 16.6 Å². The lowest BCUT2D eigenvalue weighted by Crippen LogP contribution is -2.45. The molecule has 1 unspecified atom stereocenters. The van der Waals surface area contributed by atoms with E-state index >= 15 is 0 Å². The fraction of sp³-hybridized carbons (Fsp3) is 0.423. The molecule has 7 heteroatoms. The maximum atomic E-state index is 13.7. The number of fused-ring (bicyclic) bond motifs is 1. The van der Waals surface area contributed by atoms with Crippen LogP contribution in [0.15, 0.2) is 53.3 Å². The second-order valence-electron chi connectivity index (χ2n) is 8.60. The Morgan fingerprint density at radius 3 is 2.61 bits per heavy atom. The van der Waals surface area contributed by atoms with Gasteiger partial charge in [-0.1, -0.05) is 43.5 Å². The van der Waals surface area contributed by atoms with Crippen LogP contribution in [0.4, 0.5) is 4.79 Å². The number of carbonyl (C=O) groups excluding carboxylic acids is 1. The highest BCUT2D eigenvalue weighted by Crippen LogP contribution is 2.27. The number of nitrogens with zero attached hydrogens (tertiary/aromatic N) is 3. The molecule has 1 heterocycles. The van der Waals surface area contributed by atoms with Crippen LogP contribution >= 0.6 is 0 Å². The van der Waals surface area contributed by atoms with Crippen LogP contribution in [0.1, 0.15) is 57.8 Å². The van der Waals surface area contributed by atoms with Gasteiger partial charge in [0.1, 0.15) is 11.6 Å². The Labute approximate surface area is 194 Å². The summed E-state index contributed by atoms with van der Waals surface area (Å²) >= 11 is 0. The molecule has 1 aromatic heterocycles. The van der Waals surface area contributed by atoms with Gasteiger partial charge in [-0.3, -0.25) is 9.36 Å². The van der Waals surface area contributed by atoms with E-state index in [1.165, 1.54) is 6.42 Å². The first kappa shape index (κ1) is 22.8. The quantitative estimate of drug-likeness (QED) is 0.587. The molecular formula is C26H32N4O3. The summed E-state index contributed by atoms with van der Waals surface area (Å²) < 4.78 is 7.41. The van der Waals surface area contributed by atoms with Crippen molar-refractivity contribution in [2.45, 2.75) is 58.0 Å². The van der Waals surface area contributed by atoms with E-state index in [4.69, 9.17) is 9.72 Å². The fourth-order valence-electron chi connectivity index (χ4n) is 4.45. The van der Waals surface area contributed by atoms with Gasteiger partial charge in [0.25, 0.3) is 5.56 Å². The molecule has 1 atom stereocenters. The van der Waals surface area contributed by atoms with Gasteiger partial charge in [-0.25, -0.2) is 9.78 Å². The average molecular weight is 449 g/mol. The highest BCUT2D eigenvalue weighted by atomic mass is 16.5. The molecule has 1 aliphatic rings. The summed E-state index contributed by atoms with van der Waals surface area (Å²) in [5.41, 5.74) is 1.04. The predicted molar refractivity (Wildman–Crippen MR) is 130 cm³/mol. The van der Waals surface area contributed by atoms with Crippen LogP contribution in [0, 0.1) is 0 Å². The Balaban J connectivity index is 1.78. The molecule has 0 spiro atoms. The normalized spacial score (nSPS) is 15.2.